The van der Waals surface area contributed by atoms with Crippen molar-refractivity contribution >= 4 is 22.1 Å². The fraction of sp³-hybridized carbons (Fsp3) is 0.438. The van der Waals surface area contributed by atoms with Crippen LogP contribution in [0.15, 0.2) is 30.6 Å². The summed E-state index contributed by atoms with van der Waals surface area (Å²) in [7, 11) is 0. The van der Waals surface area contributed by atoms with Gasteiger partial charge in [0.1, 0.15) is 0 Å². The highest BCUT2D eigenvalue weighted by atomic mass is 15.1. The molecule has 0 saturated heterocycles. The van der Waals surface area contributed by atoms with Gasteiger partial charge in [-0.15, -0.1) is 0 Å². The second kappa shape index (κ2) is 5.91. The van der Waals surface area contributed by atoms with E-state index in [4.69, 9.17) is 5.73 Å². The predicted molar refractivity (Wildman–Crippen MR) is 83.5 cm³/mol. The summed E-state index contributed by atoms with van der Waals surface area (Å²) in [5, 5.41) is 2.24. The molecule has 0 radical (unpaired) electrons. The van der Waals surface area contributed by atoms with Crippen molar-refractivity contribution in [2.75, 3.05) is 23.7 Å². The van der Waals surface area contributed by atoms with E-state index in [1.54, 1.807) is 0 Å². The van der Waals surface area contributed by atoms with Gasteiger partial charge in [-0.3, -0.25) is 4.98 Å². The number of benzene rings is 1. The number of nitrogens with zero attached hydrogens (tertiary/aromatic N) is 2. The summed E-state index contributed by atoms with van der Waals surface area (Å²) in [6.45, 7) is 8.82. The topological polar surface area (TPSA) is 42.1 Å². The highest BCUT2D eigenvalue weighted by Crippen LogP contribution is 2.30. The van der Waals surface area contributed by atoms with Crippen LogP contribution in [0.2, 0.25) is 0 Å². The zero-order valence-corrected chi connectivity index (χ0v) is 12.1. The van der Waals surface area contributed by atoms with Crippen LogP contribution in [0, 0.1) is 5.92 Å². The Hall–Kier alpha value is -1.77. The van der Waals surface area contributed by atoms with E-state index in [1.807, 2.05) is 18.5 Å². The number of nitrogen functional groups attached to an aromatic ring is 1. The molecule has 2 N–H and O–H groups in total. The second-order valence-electron chi connectivity index (χ2n) is 5.15. The molecule has 3 nitrogen and oxygen atoms in total. The van der Waals surface area contributed by atoms with Crippen LogP contribution in [0.1, 0.15) is 27.2 Å². The maximum absolute atomic E-state index is 6.04. The normalized spacial score (nSPS) is 12.6. The van der Waals surface area contributed by atoms with Crippen LogP contribution in [0.4, 0.5) is 11.4 Å². The van der Waals surface area contributed by atoms with Crippen molar-refractivity contribution in [1.29, 1.82) is 0 Å². The number of hydrogen-bond acceptors (Lipinski definition) is 3. The summed E-state index contributed by atoms with van der Waals surface area (Å²) in [4.78, 5) is 6.61. The third kappa shape index (κ3) is 2.80. The van der Waals surface area contributed by atoms with Crippen molar-refractivity contribution in [3.8, 4) is 0 Å². The number of hydrogen-bond donors (Lipinski definition) is 1. The molecule has 19 heavy (non-hydrogen) atoms. The van der Waals surface area contributed by atoms with E-state index in [-0.39, 0.29) is 0 Å². The zero-order chi connectivity index (χ0) is 13.8. The molecule has 1 aromatic heterocycles. The lowest BCUT2D eigenvalue weighted by Gasteiger charge is -2.27. The standard InChI is InChI=1S/C16H23N3/c1-4-12(3)11-19(5-2)16-7-6-15(17)14-10-18-9-8-13(14)16/h6-10,12H,4-5,11,17H2,1-3H3. The van der Waals surface area contributed by atoms with Crippen LogP contribution in [-0.4, -0.2) is 18.1 Å². The Morgan fingerprint density at radius 2 is 2.00 bits per heavy atom. The molecule has 0 aliphatic rings. The fourth-order valence-electron chi connectivity index (χ4n) is 2.37. The molecule has 2 rings (SSSR count). The van der Waals surface area contributed by atoms with Gasteiger partial charge in [-0.05, 0) is 31.0 Å². The number of anilines is 2. The molecule has 1 atom stereocenters. The van der Waals surface area contributed by atoms with Crippen molar-refractivity contribution in [3.05, 3.63) is 30.6 Å². The largest absolute Gasteiger partial charge is 0.398 e. The Morgan fingerprint density at radius 3 is 2.68 bits per heavy atom. The van der Waals surface area contributed by atoms with E-state index in [2.05, 4.69) is 42.8 Å². The molecule has 1 aromatic carbocycles. The van der Waals surface area contributed by atoms with E-state index in [9.17, 15) is 0 Å². The number of aromatic nitrogens is 1. The number of fused-ring (bicyclic) bond motifs is 1. The quantitative estimate of drug-likeness (QED) is 0.831. The second-order valence-corrected chi connectivity index (χ2v) is 5.15. The first-order valence-electron chi connectivity index (χ1n) is 7.04. The molecule has 0 amide bonds. The molecule has 2 aromatic rings. The number of pyridine rings is 1. The summed E-state index contributed by atoms with van der Waals surface area (Å²) in [5.74, 6) is 0.689. The first kappa shape index (κ1) is 13.7. The molecule has 1 heterocycles. The van der Waals surface area contributed by atoms with Crippen LogP contribution in [0.5, 0.6) is 0 Å². The first-order valence-corrected chi connectivity index (χ1v) is 7.04. The average Bonchev–Trinajstić information content (AvgIpc) is 2.45. The monoisotopic (exact) mass is 257 g/mol. The predicted octanol–water partition coefficient (Wildman–Crippen LogP) is 3.69. The van der Waals surface area contributed by atoms with Crippen molar-refractivity contribution < 1.29 is 0 Å². The molecule has 102 valence electrons. The minimum Gasteiger partial charge on any atom is -0.398 e. The van der Waals surface area contributed by atoms with E-state index < -0.39 is 0 Å². The van der Waals surface area contributed by atoms with Gasteiger partial charge in [0, 0.05) is 47.6 Å². The van der Waals surface area contributed by atoms with Gasteiger partial charge in [0.25, 0.3) is 0 Å². The van der Waals surface area contributed by atoms with Crippen LogP contribution in [0.3, 0.4) is 0 Å². The lowest BCUT2D eigenvalue weighted by atomic mass is 10.1. The molecule has 3 heteroatoms. The van der Waals surface area contributed by atoms with E-state index in [0.29, 0.717) is 5.92 Å². The molecule has 0 aliphatic carbocycles. The molecule has 0 aliphatic heterocycles. The Balaban J connectivity index is 2.46. The lowest BCUT2D eigenvalue weighted by molar-refractivity contribution is 0.549. The minimum absolute atomic E-state index is 0.689. The molecular weight excluding hydrogens is 234 g/mol. The summed E-state index contributed by atoms with van der Waals surface area (Å²) in [6, 6.07) is 6.17. The highest BCUT2D eigenvalue weighted by molar-refractivity contribution is 6.00. The van der Waals surface area contributed by atoms with Gasteiger partial charge in [-0.2, -0.15) is 0 Å². The number of rotatable bonds is 5. The van der Waals surface area contributed by atoms with Crippen molar-refractivity contribution in [2.45, 2.75) is 27.2 Å². The van der Waals surface area contributed by atoms with E-state index in [1.165, 1.54) is 17.5 Å². The molecule has 0 saturated carbocycles. The zero-order valence-electron chi connectivity index (χ0n) is 12.1. The van der Waals surface area contributed by atoms with Gasteiger partial charge in [0.15, 0.2) is 0 Å². The van der Waals surface area contributed by atoms with Gasteiger partial charge >= 0.3 is 0 Å². The van der Waals surface area contributed by atoms with Crippen LogP contribution >= 0.6 is 0 Å². The first-order chi connectivity index (χ1) is 9.17. The third-order valence-electron chi connectivity index (χ3n) is 3.78. The minimum atomic E-state index is 0.689. The Labute approximate surface area is 115 Å². The third-order valence-corrected chi connectivity index (χ3v) is 3.78. The molecule has 0 bridgehead atoms. The van der Waals surface area contributed by atoms with Crippen molar-refractivity contribution in [2.24, 2.45) is 5.92 Å². The van der Waals surface area contributed by atoms with Gasteiger partial charge in [0.2, 0.25) is 0 Å². The molecule has 0 spiro atoms. The molecule has 1 unspecified atom stereocenters. The Kier molecular flexibility index (Phi) is 4.25. The summed E-state index contributed by atoms with van der Waals surface area (Å²) in [6.07, 6.45) is 4.89. The van der Waals surface area contributed by atoms with Gasteiger partial charge in [-0.25, -0.2) is 0 Å². The van der Waals surface area contributed by atoms with E-state index in [0.717, 1.165) is 24.2 Å². The molecular formula is C16H23N3. The summed E-state index contributed by atoms with van der Waals surface area (Å²) < 4.78 is 0. The van der Waals surface area contributed by atoms with Crippen molar-refractivity contribution in [3.63, 3.8) is 0 Å². The molecule has 0 fully saturated rings. The van der Waals surface area contributed by atoms with Crippen LogP contribution < -0.4 is 10.6 Å². The Morgan fingerprint density at radius 1 is 1.21 bits per heavy atom. The fourth-order valence-corrected chi connectivity index (χ4v) is 2.37. The summed E-state index contributed by atoms with van der Waals surface area (Å²) in [5.41, 5.74) is 8.09. The highest BCUT2D eigenvalue weighted by Gasteiger charge is 2.12. The Bertz CT molecular complexity index is 551. The smallest absolute Gasteiger partial charge is 0.0448 e. The SMILES string of the molecule is CCC(C)CN(CC)c1ccc(N)c2cnccc12. The average molecular weight is 257 g/mol. The van der Waals surface area contributed by atoms with Crippen LogP contribution in [-0.2, 0) is 0 Å². The van der Waals surface area contributed by atoms with E-state index >= 15 is 0 Å². The maximum atomic E-state index is 6.04. The maximum Gasteiger partial charge on any atom is 0.0448 e. The van der Waals surface area contributed by atoms with Gasteiger partial charge in [0.05, 0.1) is 0 Å². The summed E-state index contributed by atoms with van der Waals surface area (Å²) >= 11 is 0. The van der Waals surface area contributed by atoms with Crippen molar-refractivity contribution in [1.82, 2.24) is 4.98 Å². The van der Waals surface area contributed by atoms with Gasteiger partial charge < -0.3 is 10.6 Å². The lowest BCUT2D eigenvalue weighted by Crippen LogP contribution is -2.28. The number of nitrogens with two attached hydrogens (primary N) is 1. The van der Waals surface area contributed by atoms with Gasteiger partial charge in [-0.1, -0.05) is 20.3 Å². The van der Waals surface area contributed by atoms with Crippen LogP contribution in [0.25, 0.3) is 10.8 Å².